The highest BCUT2D eigenvalue weighted by Gasteiger charge is 2.30. The SMILES string of the molecule is C[C@@H]1CC(c2cc3c(F)cc(O)cc3nn2)C[C@H](C)N1C.Cl. The summed E-state index contributed by atoms with van der Waals surface area (Å²) >= 11 is 0. The van der Waals surface area contributed by atoms with Crippen LogP contribution in [0.5, 0.6) is 5.75 Å². The van der Waals surface area contributed by atoms with E-state index in [9.17, 15) is 9.50 Å². The fraction of sp³-hybridized carbons (Fsp3) is 0.500. The Morgan fingerprint density at radius 3 is 2.41 bits per heavy atom. The predicted octanol–water partition coefficient (Wildman–Crippen LogP) is 3.48. The van der Waals surface area contributed by atoms with Gasteiger partial charge in [-0.05, 0) is 39.8 Å². The van der Waals surface area contributed by atoms with E-state index in [2.05, 4.69) is 36.0 Å². The number of fused-ring (bicyclic) bond motifs is 1. The molecule has 0 aliphatic carbocycles. The molecule has 120 valence electrons. The highest BCUT2D eigenvalue weighted by molar-refractivity contribution is 5.85. The van der Waals surface area contributed by atoms with E-state index in [0.29, 0.717) is 28.9 Å². The molecule has 1 saturated heterocycles. The van der Waals surface area contributed by atoms with Gasteiger partial charge in [-0.1, -0.05) is 0 Å². The molecular formula is C16H21ClFN3O. The Labute approximate surface area is 135 Å². The number of nitrogens with zero attached hydrogens (tertiary/aromatic N) is 3. The fourth-order valence-electron chi connectivity index (χ4n) is 3.23. The van der Waals surface area contributed by atoms with Crippen molar-refractivity contribution in [1.29, 1.82) is 0 Å². The molecule has 2 heterocycles. The molecule has 0 saturated carbocycles. The summed E-state index contributed by atoms with van der Waals surface area (Å²) in [5, 5.41) is 18.2. The third-order valence-electron chi connectivity index (χ3n) is 4.72. The fourth-order valence-corrected chi connectivity index (χ4v) is 3.23. The van der Waals surface area contributed by atoms with Crippen LogP contribution in [-0.2, 0) is 0 Å². The number of phenolic OH excluding ortho intramolecular Hbond substituents is 1. The summed E-state index contributed by atoms with van der Waals surface area (Å²) in [6, 6.07) is 5.29. The van der Waals surface area contributed by atoms with E-state index >= 15 is 0 Å². The van der Waals surface area contributed by atoms with Crippen molar-refractivity contribution in [3.63, 3.8) is 0 Å². The van der Waals surface area contributed by atoms with Crippen molar-refractivity contribution in [2.75, 3.05) is 7.05 Å². The minimum atomic E-state index is -0.449. The first-order valence-corrected chi connectivity index (χ1v) is 7.33. The number of likely N-dealkylation sites (tertiary alicyclic amines) is 1. The smallest absolute Gasteiger partial charge is 0.136 e. The summed E-state index contributed by atoms with van der Waals surface area (Å²) in [5.41, 5.74) is 1.24. The molecule has 2 aromatic rings. The molecule has 1 aliphatic rings. The summed E-state index contributed by atoms with van der Waals surface area (Å²) in [7, 11) is 2.14. The summed E-state index contributed by atoms with van der Waals surface area (Å²) in [4.78, 5) is 2.36. The lowest BCUT2D eigenvalue weighted by Gasteiger charge is -2.40. The maximum Gasteiger partial charge on any atom is 0.136 e. The van der Waals surface area contributed by atoms with Crippen molar-refractivity contribution in [2.45, 2.75) is 44.7 Å². The molecule has 0 amide bonds. The second-order valence-corrected chi connectivity index (χ2v) is 6.16. The first-order valence-electron chi connectivity index (χ1n) is 7.33. The molecule has 0 bridgehead atoms. The van der Waals surface area contributed by atoms with E-state index in [1.807, 2.05) is 0 Å². The zero-order valence-corrected chi connectivity index (χ0v) is 13.8. The van der Waals surface area contributed by atoms with E-state index in [1.165, 1.54) is 6.07 Å². The Bertz CT molecular complexity index is 670. The van der Waals surface area contributed by atoms with Gasteiger partial charge in [0.25, 0.3) is 0 Å². The highest BCUT2D eigenvalue weighted by atomic mass is 35.5. The molecule has 4 nitrogen and oxygen atoms in total. The summed E-state index contributed by atoms with van der Waals surface area (Å²) in [6.45, 7) is 4.41. The lowest BCUT2D eigenvalue weighted by Crippen LogP contribution is -2.43. The Morgan fingerprint density at radius 2 is 1.77 bits per heavy atom. The van der Waals surface area contributed by atoms with Gasteiger partial charge in [0.15, 0.2) is 0 Å². The van der Waals surface area contributed by atoms with Crippen LogP contribution in [0.15, 0.2) is 18.2 Å². The van der Waals surface area contributed by atoms with Crippen LogP contribution in [0.25, 0.3) is 10.9 Å². The topological polar surface area (TPSA) is 49.3 Å². The van der Waals surface area contributed by atoms with E-state index < -0.39 is 5.82 Å². The van der Waals surface area contributed by atoms with E-state index in [4.69, 9.17) is 0 Å². The first kappa shape index (κ1) is 16.9. The molecule has 22 heavy (non-hydrogen) atoms. The lowest BCUT2D eigenvalue weighted by atomic mass is 9.85. The van der Waals surface area contributed by atoms with Gasteiger partial charge in [0.1, 0.15) is 11.6 Å². The van der Waals surface area contributed by atoms with Crippen LogP contribution in [0.4, 0.5) is 4.39 Å². The number of benzene rings is 1. The van der Waals surface area contributed by atoms with Crippen LogP contribution < -0.4 is 0 Å². The van der Waals surface area contributed by atoms with Gasteiger partial charge in [0, 0.05) is 35.5 Å². The molecule has 3 rings (SSSR count). The Hall–Kier alpha value is -1.46. The summed E-state index contributed by atoms with van der Waals surface area (Å²) in [6.07, 6.45) is 2.00. The van der Waals surface area contributed by atoms with Crippen molar-refractivity contribution in [3.8, 4) is 5.75 Å². The molecule has 0 radical (unpaired) electrons. The average Bonchev–Trinajstić information content (AvgIpc) is 2.43. The number of hydrogen-bond donors (Lipinski definition) is 1. The molecule has 1 fully saturated rings. The number of halogens is 2. The number of phenols is 1. The van der Waals surface area contributed by atoms with Gasteiger partial charge in [-0.15, -0.1) is 12.4 Å². The monoisotopic (exact) mass is 325 g/mol. The minimum Gasteiger partial charge on any atom is -0.508 e. The van der Waals surface area contributed by atoms with Crippen LogP contribution in [0, 0.1) is 5.82 Å². The second kappa shape index (κ2) is 6.34. The van der Waals surface area contributed by atoms with E-state index in [0.717, 1.165) is 24.6 Å². The zero-order valence-electron chi connectivity index (χ0n) is 13.0. The van der Waals surface area contributed by atoms with Crippen LogP contribution in [0.1, 0.15) is 38.3 Å². The quantitative estimate of drug-likeness (QED) is 0.872. The largest absolute Gasteiger partial charge is 0.508 e. The number of piperidine rings is 1. The van der Waals surface area contributed by atoms with Gasteiger partial charge < -0.3 is 10.0 Å². The average molecular weight is 326 g/mol. The number of hydrogen-bond acceptors (Lipinski definition) is 4. The Kier molecular flexibility index (Phi) is 4.87. The third-order valence-corrected chi connectivity index (χ3v) is 4.72. The van der Waals surface area contributed by atoms with Crippen LogP contribution in [-0.4, -0.2) is 39.3 Å². The standard InChI is InChI=1S/C16H20FN3O.ClH/c1-9-4-11(5-10(2)20(9)3)15-8-13-14(17)6-12(21)7-16(13)19-18-15;/h6-11,21H,4-5H2,1-3H3;1H/t9-,10+,11?;. The van der Waals surface area contributed by atoms with Crippen LogP contribution in [0.3, 0.4) is 0 Å². The van der Waals surface area contributed by atoms with Gasteiger partial charge in [0.05, 0.1) is 11.2 Å². The lowest BCUT2D eigenvalue weighted by molar-refractivity contribution is 0.121. The van der Waals surface area contributed by atoms with Crippen molar-refractivity contribution in [1.82, 2.24) is 15.1 Å². The first-order chi connectivity index (χ1) is 9.95. The van der Waals surface area contributed by atoms with Gasteiger partial charge in [-0.2, -0.15) is 10.2 Å². The third kappa shape index (κ3) is 3.01. The number of rotatable bonds is 1. The molecule has 6 heteroatoms. The van der Waals surface area contributed by atoms with Crippen molar-refractivity contribution < 1.29 is 9.50 Å². The summed E-state index contributed by atoms with van der Waals surface area (Å²) in [5.74, 6) is -0.268. The van der Waals surface area contributed by atoms with E-state index in [1.54, 1.807) is 6.07 Å². The Morgan fingerprint density at radius 1 is 1.14 bits per heavy atom. The van der Waals surface area contributed by atoms with Gasteiger partial charge in [0.2, 0.25) is 0 Å². The molecule has 0 spiro atoms. The van der Waals surface area contributed by atoms with Crippen molar-refractivity contribution in [2.24, 2.45) is 0 Å². The molecule has 3 atom stereocenters. The van der Waals surface area contributed by atoms with Gasteiger partial charge in [-0.3, -0.25) is 0 Å². The molecule has 1 unspecified atom stereocenters. The number of aromatic nitrogens is 2. The number of aromatic hydroxyl groups is 1. The minimum absolute atomic E-state index is 0. The second-order valence-electron chi connectivity index (χ2n) is 6.16. The maximum atomic E-state index is 14.0. The van der Waals surface area contributed by atoms with E-state index in [-0.39, 0.29) is 18.2 Å². The predicted molar refractivity (Wildman–Crippen MR) is 87.1 cm³/mol. The van der Waals surface area contributed by atoms with Crippen LogP contribution in [0.2, 0.25) is 0 Å². The normalized spacial score (nSPS) is 25.9. The molecular weight excluding hydrogens is 305 g/mol. The summed E-state index contributed by atoms with van der Waals surface area (Å²) < 4.78 is 14.0. The molecule has 1 aromatic heterocycles. The molecule has 1 N–H and O–H groups in total. The maximum absolute atomic E-state index is 14.0. The molecule has 1 aliphatic heterocycles. The molecule has 1 aromatic carbocycles. The van der Waals surface area contributed by atoms with Crippen molar-refractivity contribution in [3.05, 3.63) is 29.7 Å². The van der Waals surface area contributed by atoms with Crippen molar-refractivity contribution >= 4 is 23.3 Å². The van der Waals surface area contributed by atoms with Gasteiger partial charge >= 0.3 is 0 Å². The van der Waals surface area contributed by atoms with Gasteiger partial charge in [-0.25, -0.2) is 4.39 Å². The zero-order chi connectivity index (χ0) is 15.1. The van der Waals surface area contributed by atoms with Crippen LogP contribution >= 0.6 is 12.4 Å². The Balaban J connectivity index is 0.00000176. The highest BCUT2D eigenvalue weighted by Crippen LogP contribution is 2.34.